The molecule has 1 nitrogen and oxygen atoms in total. The molecule has 0 saturated carbocycles. The van der Waals surface area contributed by atoms with Crippen LogP contribution in [0.1, 0.15) is 0 Å². The molecule has 0 atom stereocenters. The Kier molecular flexibility index (Phi) is 122. The summed E-state index contributed by atoms with van der Waals surface area (Å²) in [6.07, 6.45) is 0. The Morgan fingerprint density at radius 1 is 1.25 bits per heavy atom. The van der Waals surface area contributed by atoms with Crippen LogP contribution in [0, 0.1) is 0 Å². The fourth-order valence-corrected chi connectivity index (χ4v) is 0. The fourth-order valence-electron chi connectivity index (χ4n) is 0. The Balaban J connectivity index is -0.00000000500. The first-order valence-electron chi connectivity index (χ1n) is 0.136. The van der Waals surface area contributed by atoms with Gasteiger partial charge in [-0.2, -0.15) is 0 Å². The molecule has 0 aromatic rings. The molecule has 0 radical (unpaired) electrons. The van der Waals surface area contributed by atoms with E-state index in [4.69, 9.17) is 3.87 Å². The molecule has 0 bridgehead atoms. The SMILES string of the molecule is [AlH3].[Fe].[O]=[Co]. The molecule has 0 saturated heterocycles. The fraction of sp³-hybridized carbons (Fsp3) is 0. The van der Waals surface area contributed by atoms with E-state index in [1.165, 1.54) is 0 Å². The molecule has 0 heterocycles. The first kappa shape index (κ1) is 18.3. The van der Waals surface area contributed by atoms with Gasteiger partial charge in [-0.1, -0.05) is 0 Å². The van der Waals surface area contributed by atoms with Gasteiger partial charge in [0, 0.05) is 17.1 Å². The van der Waals surface area contributed by atoms with E-state index in [1.807, 2.05) is 0 Å². The van der Waals surface area contributed by atoms with Crippen molar-refractivity contribution >= 4 is 17.4 Å². The zero-order chi connectivity index (χ0) is 2.00. The van der Waals surface area contributed by atoms with Gasteiger partial charge in [0.1, 0.15) is 0 Å². The molecule has 4 heavy (non-hydrogen) atoms. The third-order valence-electron chi connectivity index (χ3n) is 0. The van der Waals surface area contributed by atoms with Crippen molar-refractivity contribution in [3.05, 3.63) is 0 Å². The van der Waals surface area contributed by atoms with Crippen LogP contribution in [0.4, 0.5) is 0 Å². The molecular weight excluding hydrogens is 158 g/mol. The molecule has 0 N–H and O–H groups in total. The second-order valence-corrected chi connectivity index (χ2v) is 0. The monoisotopic (exact) mass is 161 g/mol. The standard InChI is InChI=1S/Al.Co.Fe.O.3H. The summed E-state index contributed by atoms with van der Waals surface area (Å²) in [6.45, 7) is 0. The van der Waals surface area contributed by atoms with Crippen LogP contribution < -0.4 is 0 Å². The Hall–Kier alpha value is 1.36. The molecular formula is H3AlCoFeO. The van der Waals surface area contributed by atoms with E-state index < -0.39 is 0 Å². The Labute approximate surface area is 53.9 Å². The molecule has 0 rings (SSSR count). The van der Waals surface area contributed by atoms with Crippen molar-refractivity contribution in [1.29, 1.82) is 0 Å². The zero-order valence-electron chi connectivity index (χ0n) is 1.10. The molecule has 29 valence electrons. The van der Waals surface area contributed by atoms with Crippen molar-refractivity contribution in [3.63, 3.8) is 0 Å². The summed E-state index contributed by atoms with van der Waals surface area (Å²) in [6, 6.07) is 0. The van der Waals surface area contributed by atoms with Gasteiger partial charge in [0.2, 0.25) is 0 Å². The van der Waals surface area contributed by atoms with Gasteiger partial charge in [0.15, 0.2) is 17.4 Å². The maximum atomic E-state index is 7.94. The molecule has 0 spiro atoms. The van der Waals surface area contributed by atoms with Gasteiger partial charge < -0.3 is 0 Å². The topological polar surface area (TPSA) is 17.1 Å². The van der Waals surface area contributed by atoms with Gasteiger partial charge in [-0.05, 0) is 0 Å². The number of hydrogen-bond acceptors (Lipinski definition) is 1. The summed E-state index contributed by atoms with van der Waals surface area (Å²) in [7, 11) is 0. The normalized spacial score (nSPS) is 1.25. The summed E-state index contributed by atoms with van der Waals surface area (Å²) in [4.78, 5) is 0. The van der Waals surface area contributed by atoms with Gasteiger partial charge in [0.05, 0.1) is 0 Å². The first-order chi connectivity index (χ1) is 1.00. The molecule has 0 amide bonds. The third-order valence-corrected chi connectivity index (χ3v) is 0. The van der Waals surface area contributed by atoms with Crippen molar-refractivity contribution in [2.75, 3.05) is 0 Å². The van der Waals surface area contributed by atoms with Crippen LogP contribution in [0.25, 0.3) is 0 Å². The molecule has 0 aliphatic heterocycles. The van der Waals surface area contributed by atoms with E-state index in [1.54, 1.807) is 0 Å². The van der Waals surface area contributed by atoms with E-state index in [-0.39, 0.29) is 34.4 Å². The predicted octanol–water partition coefficient (Wildman–Crippen LogP) is -1.31. The Bertz CT molecular complexity index is 8.00. The van der Waals surface area contributed by atoms with E-state index in [0.717, 1.165) is 0 Å². The average molecular weight is 161 g/mol. The van der Waals surface area contributed by atoms with E-state index in [0.29, 0.717) is 0 Å². The Morgan fingerprint density at radius 3 is 1.25 bits per heavy atom. The van der Waals surface area contributed by atoms with E-state index in [2.05, 4.69) is 15.7 Å². The molecule has 0 aromatic heterocycles. The molecule has 0 aliphatic rings. The van der Waals surface area contributed by atoms with Gasteiger partial charge in [-0.25, -0.2) is 0 Å². The van der Waals surface area contributed by atoms with Crippen LogP contribution in [0.15, 0.2) is 0 Å². The van der Waals surface area contributed by atoms with Crippen molar-refractivity contribution < 1.29 is 36.6 Å². The summed E-state index contributed by atoms with van der Waals surface area (Å²) >= 11 is 2.31. The Morgan fingerprint density at radius 2 is 1.25 bits per heavy atom. The second-order valence-electron chi connectivity index (χ2n) is 0. The predicted molar refractivity (Wildman–Crippen MR) is 10.6 cm³/mol. The summed E-state index contributed by atoms with van der Waals surface area (Å²) in [5, 5.41) is 0. The maximum absolute atomic E-state index is 7.94. The molecule has 0 aromatic carbocycles. The van der Waals surface area contributed by atoms with Crippen LogP contribution in [0.3, 0.4) is 0 Å². The van der Waals surface area contributed by atoms with Crippen molar-refractivity contribution in [2.45, 2.75) is 0 Å². The van der Waals surface area contributed by atoms with Crippen LogP contribution in [-0.4, -0.2) is 17.4 Å². The van der Waals surface area contributed by atoms with Gasteiger partial charge in [-0.15, -0.1) is 0 Å². The van der Waals surface area contributed by atoms with E-state index >= 15 is 0 Å². The van der Waals surface area contributed by atoms with Crippen molar-refractivity contribution in [1.82, 2.24) is 0 Å². The summed E-state index contributed by atoms with van der Waals surface area (Å²) < 4.78 is 7.94. The quantitative estimate of drug-likeness (QED) is 0.403. The van der Waals surface area contributed by atoms with Crippen molar-refractivity contribution in [3.8, 4) is 0 Å². The van der Waals surface area contributed by atoms with Crippen LogP contribution in [0.5, 0.6) is 0 Å². The summed E-state index contributed by atoms with van der Waals surface area (Å²) in [5.41, 5.74) is 0. The summed E-state index contributed by atoms with van der Waals surface area (Å²) in [5.74, 6) is 0. The number of hydrogen-bond donors (Lipinski definition) is 0. The molecule has 0 unspecified atom stereocenters. The molecule has 0 fully saturated rings. The second kappa shape index (κ2) is 26.6. The third kappa shape index (κ3) is 10.1. The van der Waals surface area contributed by atoms with Crippen molar-refractivity contribution in [2.24, 2.45) is 0 Å². The average Bonchev–Trinajstić information content (AvgIpc) is 1.00. The number of rotatable bonds is 0. The molecule has 0 aliphatic carbocycles. The van der Waals surface area contributed by atoms with Crippen LogP contribution in [-0.2, 0) is 36.6 Å². The van der Waals surface area contributed by atoms with Crippen LogP contribution in [0.2, 0.25) is 0 Å². The van der Waals surface area contributed by atoms with Gasteiger partial charge in [-0.3, -0.25) is 0 Å². The van der Waals surface area contributed by atoms with Gasteiger partial charge in [0.25, 0.3) is 0 Å². The van der Waals surface area contributed by atoms with Gasteiger partial charge >= 0.3 is 19.5 Å². The van der Waals surface area contributed by atoms with E-state index in [9.17, 15) is 0 Å². The van der Waals surface area contributed by atoms with Crippen LogP contribution >= 0.6 is 0 Å². The minimum absolute atomic E-state index is 0. The molecule has 4 heteroatoms. The first-order valence-corrected chi connectivity index (χ1v) is 0.561. The minimum atomic E-state index is 0. The zero-order valence-corrected chi connectivity index (χ0v) is 3.24.